The average molecular weight is 348 g/mol. The van der Waals surface area contributed by atoms with E-state index in [0.29, 0.717) is 12.0 Å². The second kappa shape index (κ2) is 7.06. The third kappa shape index (κ3) is 4.05. The fourth-order valence-electron chi connectivity index (χ4n) is 3.87. The van der Waals surface area contributed by atoms with Crippen LogP contribution in [0.25, 0.3) is 0 Å². The van der Waals surface area contributed by atoms with Crippen LogP contribution in [0, 0.1) is 0 Å². The highest BCUT2D eigenvalue weighted by Crippen LogP contribution is 2.45. The first kappa shape index (κ1) is 18.4. The molecule has 0 unspecified atom stereocenters. The molecule has 2 aliphatic heterocycles. The lowest BCUT2D eigenvalue weighted by molar-refractivity contribution is -0.265. The van der Waals surface area contributed by atoms with Gasteiger partial charge in [0.1, 0.15) is 12.2 Å². The summed E-state index contributed by atoms with van der Waals surface area (Å²) in [5.74, 6) is -0.238. The number of esters is 1. The molecular formula is C20H28O5. The van der Waals surface area contributed by atoms with E-state index in [0.717, 1.165) is 36.8 Å². The summed E-state index contributed by atoms with van der Waals surface area (Å²) in [7, 11) is 0. The van der Waals surface area contributed by atoms with Gasteiger partial charge < -0.3 is 9.47 Å². The lowest BCUT2D eigenvalue weighted by Crippen LogP contribution is -2.16. The Morgan fingerprint density at radius 3 is 2.68 bits per heavy atom. The van der Waals surface area contributed by atoms with Crippen LogP contribution in [-0.2, 0) is 19.2 Å². The summed E-state index contributed by atoms with van der Waals surface area (Å²) < 4.78 is 11.5. The summed E-state index contributed by atoms with van der Waals surface area (Å²) >= 11 is 0. The number of rotatable bonds is 1. The van der Waals surface area contributed by atoms with E-state index in [4.69, 9.17) is 9.47 Å². The summed E-state index contributed by atoms with van der Waals surface area (Å²) in [6.45, 7) is 8.01. The zero-order valence-electron chi connectivity index (χ0n) is 15.5. The molecular weight excluding hydrogens is 320 g/mol. The minimum atomic E-state index is -0.392. The van der Waals surface area contributed by atoms with Crippen LogP contribution in [0.1, 0.15) is 59.8 Å². The van der Waals surface area contributed by atoms with Crippen molar-refractivity contribution in [2.45, 2.75) is 83.7 Å². The van der Waals surface area contributed by atoms with E-state index in [1.165, 1.54) is 5.57 Å². The second-order valence-electron chi connectivity index (χ2n) is 7.81. The Kier molecular flexibility index (Phi) is 5.19. The Bertz CT molecular complexity index is 644. The summed E-state index contributed by atoms with van der Waals surface area (Å²) in [6.07, 6.45) is 7.62. The van der Waals surface area contributed by atoms with Gasteiger partial charge in [-0.15, -0.1) is 0 Å². The first-order valence-corrected chi connectivity index (χ1v) is 9.05. The quantitative estimate of drug-likeness (QED) is 0.254. The zero-order chi connectivity index (χ0) is 18.2. The van der Waals surface area contributed by atoms with Gasteiger partial charge >= 0.3 is 5.97 Å². The molecule has 5 heteroatoms. The molecule has 0 spiro atoms. The summed E-state index contributed by atoms with van der Waals surface area (Å²) in [5.41, 5.74) is 3.86. The Balaban J connectivity index is 1.87. The molecule has 0 aromatic heterocycles. The molecule has 0 amide bonds. The minimum Gasteiger partial charge on any atom is -0.450 e. The van der Waals surface area contributed by atoms with Crippen molar-refractivity contribution in [1.29, 1.82) is 0 Å². The number of hydrogen-bond acceptors (Lipinski definition) is 5. The first-order valence-electron chi connectivity index (χ1n) is 9.05. The highest BCUT2D eigenvalue weighted by Gasteiger charge is 2.51. The van der Waals surface area contributed by atoms with E-state index in [1.807, 2.05) is 26.0 Å². The molecule has 4 atom stereocenters. The van der Waals surface area contributed by atoms with Crippen LogP contribution < -0.4 is 0 Å². The van der Waals surface area contributed by atoms with Crippen molar-refractivity contribution in [3.63, 3.8) is 0 Å². The average Bonchev–Trinajstić information content (AvgIpc) is 3.13. The van der Waals surface area contributed by atoms with E-state index >= 15 is 0 Å². The van der Waals surface area contributed by atoms with Gasteiger partial charge in [-0.05, 0) is 65.0 Å². The highest BCUT2D eigenvalue weighted by atomic mass is 17.1. The molecule has 1 fully saturated rings. The van der Waals surface area contributed by atoms with Crippen molar-refractivity contribution in [3.8, 4) is 0 Å². The maximum Gasteiger partial charge on any atom is 0.334 e. The fourth-order valence-corrected chi connectivity index (χ4v) is 3.87. The number of epoxide rings is 1. The maximum absolute atomic E-state index is 12.0. The van der Waals surface area contributed by atoms with Crippen LogP contribution in [0.3, 0.4) is 0 Å². The summed E-state index contributed by atoms with van der Waals surface area (Å²) in [6, 6.07) is 0. The molecule has 0 aromatic carbocycles. The second-order valence-corrected chi connectivity index (χ2v) is 7.81. The number of hydrogen-bond donors (Lipinski definition) is 1. The van der Waals surface area contributed by atoms with E-state index in [1.54, 1.807) is 0 Å². The predicted octanol–water partition coefficient (Wildman–Crippen LogP) is 4.10. The molecule has 0 saturated carbocycles. The van der Waals surface area contributed by atoms with Gasteiger partial charge in [-0.25, -0.2) is 9.68 Å². The van der Waals surface area contributed by atoms with E-state index in [-0.39, 0.29) is 23.8 Å². The van der Waals surface area contributed by atoms with Crippen LogP contribution in [0.5, 0.6) is 0 Å². The molecule has 138 valence electrons. The Morgan fingerprint density at radius 1 is 1.20 bits per heavy atom. The molecule has 1 aliphatic carbocycles. The van der Waals surface area contributed by atoms with Crippen molar-refractivity contribution in [2.24, 2.45) is 0 Å². The van der Waals surface area contributed by atoms with Crippen molar-refractivity contribution in [3.05, 3.63) is 34.4 Å². The predicted molar refractivity (Wildman–Crippen MR) is 94.0 cm³/mol. The number of ether oxygens (including phenoxy) is 2. The highest BCUT2D eigenvalue weighted by molar-refractivity contribution is 5.92. The topological polar surface area (TPSA) is 68.3 Å². The smallest absolute Gasteiger partial charge is 0.334 e. The minimum absolute atomic E-state index is 0.112. The van der Waals surface area contributed by atoms with Crippen LogP contribution >= 0.6 is 0 Å². The normalized spacial score (nSPS) is 40.8. The molecule has 5 nitrogen and oxygen atoms in total. The van der Waals surface area contributed by atoms with Gasteiger partial charge in [0.25, 0.3) is 0 Å². The lowest BCUT2D eigenvalue weighted by atomic mass is 9.90. The van der Waals surface area contributed by atoms with Gasteiger partial charge in [-0.1, -0.05) is 17.2 Å². The first-order chi connectivity index (χ1) is 11.8. The largest absolute Gasteiger partial charge is 0.450 e. The molecule has 2 heterocycles. The SMILES string of the molecule is CC1=C2CC[C@@]3(C)O[C@@H]3CC/C(C)=C/[C@H](OO)C/C(C)=C/[C@@H]2OC1=O. The van der Waals surface area contributed by atoms with Crippen LogP contribution in [0.4, 0.5) is 0 Å². The molecule has 0 radical (unpaired) electrons. The number of fused-ring (bicyclic) bond motifs is 2. The van der Waals surface area contributed by atoms with Crippen molar-refractivity contribution >= 4 is 5.97 Å². The monoisotopic (exact) mass is 348 g/mol. The van der Waals surface area contributed by atoms with Gasteiger partial charge in [-0.3, -0.25) is 5.26 Å². The van der Waals surface area contributed by atoms with Gasteiger partial charge in [0, 0.05) is 12.0 Å². The van der Waals surface area contributed by atoms with Crippen LogP contribution in [0.2, 0.25) is 0 Å². The van der Waals surface area contributed by atoms with Crippen LogP contribution in [-0.4, -0.2) is 35.1 Å². The van der Waals surface area contributed by atoms with Gasteiger partial charge in [-0.2, -0.15) is 0 Å². The Hall–Kier alpha value is -1.43. The van der Waals surface area contributed by atoms with E-state index in [9.17, 15) is 10.1 Å². The van der Waals surface area contributed by atoms with Crippen molar-refractivity contribution < 1.29 is 24.4 Å². The number of allylic oxidation sites excluding steroid dienone is 1. The van der Waals surface area contributed by atoms with Gasteiger partial charge in [0.05, 0.1) is 11.7 Å². The molecule has 1 saturated heterocycles. The standard InChI is InChI=1S/C20H28O5/c1-12-5-6-18-20(4,24-18)8-7-16-14(3)19(21)23-17(16)11-13(2)10-15(9-12)25-22/h9,11,15,17-18,22H,5-8,10H2,1-4H3/b12-9+,13-11+/t15-,17-,18+,20+/m0/s1. The molecule has 0 bridgehead atoms. The third-order valence-corrected chi connectivity index (χ3v) is 5.66. The van der Waals surface area contributed by atoms with Gasteiger partial charge in [0.15, 0.2) is 0 Å². The molecule has 3 rings (SSSR count). The van der Waals surface area contributed by atoms with Crippen molar-refractivity contribution in [1.82, 2.24) is 0 Å². The summed E-state index contributed by atoms with van der Waals surface area (Å²) in [5, 5.41) is 9.21. The van der Waals surface area contributed by atoms with Gasteiger partial charge in [0.2, 0.25) is 0 Å². The zero-order valence-corrected chi connectivity index (χ0v) is 15.5. The fraction of sp³-hybridized carbons (Fsp3) is 0.650. The number of carbonyl (C=O) groups excluding carboxylic acids is 1. The van der Waals surface area contributed by atoms with E-state index < -0.39 is 6.10 Å². The van der Waals surface area contributed by atoms with E-state index in [2.05, 4.69) is 18.7 Å². The number of carbonyl (C=O) groups is 1. The van der Waals surface area contributed by atoms with Crippen LogP contribution in [0.15, 0.2) is 34.4 Å². The third-order valence-electron chi connectivity index (χ3n) is 5.66. The van der Waals surface area contributed by atoms with Crippen molar-refractivity contribution in [2.75, 3.05) is 0 Å². The Labute approximate surface area is 149 Å². The molecule has 3 aliphatic rings. The maximum atomic E-state index is 12.0. The molecule has 25 heavy (non-hydrogen) atoms. The summed E-state index contributed by atoms with van der Waals surface area (Å²) in [4.78, 5) is 16.6. The molecule has 1 N–H and O–H groups in total. The lowest BCUT2D eigenvalue weighted by Gasteiger charge is -2.16. The Morgan fingerprint density at radius 2 is 1.96 bits per heavy atom. The molecule has 0 aromatic rings.